The number of carboxylic acid groups (broad SMARTS) is 1. The highest BCUT2D eigenvalue weighted by Crippen LogP contribution is 2.37. The van der Waals surface area contributed by atoms with Crippen LogP contribution in [-0.4, -0.2) is 35.8 Å². The average molecular weight is 599 g/mol. The van der Waals surface area contributed by atoms with E-state index in [1.807, 2.05) is 0 Å². The molecule has 5 rings (SSSR count). The number of hydrogen-bond donors (Lipinski definition) is 1. The maximum Gasteiger partial charge on any atom is 0.338 e. The Bertz CT molecular complexity index is 1900. The number of rotatable bonds is 6. The summed E-state index contributed by atoms with van der Waals surface area (Å²) in [6.07, 6.45) is 1.56. The van der Waals surface area contributed by atoms with Gasteiger partial charge in [-0.2, -0.15) is 0 Å². The van der Waals surface area contributed by atoms with Gasteiger partial charge in [0.05, 0.1) is 40.6 Å². The number of aromatic nitrogens is 1. The molecule has 0 bridgehead atoms. The van der Waals surface area contributed by atoms with Crippen LogP contribution < -0.4 is 19.6 Å². The van der Waals surface area contributed by atoms with Gasteiger partial charge in [0, 0.05) is 22.2 Å². The first-order valence-corrected chi connectivity index (χ1v) is 13.3. The molecule has 1 atom stereocenters. The van der Waals surface area contributed by atoms with Crippen LogP contribution in [0, 0.1) is 0 Å². The summed E-state index contributed by atoms with van der Waals surface area (Å²) in [5, 5.41) is 9.88. The number of carboxylic acids is 1. The van der Waals surface area contributed by atoms with Crippen LogP contribution in [0.3, 0.4) is 0 Å². The Morgan fingerprint density at radius 2 is 1.90 bits per heavy atom. The van der Waals surface area contributed by atoms with Crippen molar-refractivity contribution in [1.82, 2.24) is 4.57 Å². The lowest BCUT2D eigenvalue weighted by Gasteiger charge is -2.25. The number of halogens is 2. The van der Waals surface area contributed by atoms with Crippen LogP contribution in [0.4, 0.5) is 0 Å². The van der Waals surface area contributed by atoms with Gasteiger partial charge in [0.1, 0.15) is 23.3 Å². The van der Waals surface area contributed by atoms with Crippen LogP contribution in [0.1, 0.15) is 34.6 Å². The van der Waals surface area contributed by atoms with Crippen LogP contribution in [0.5, 0.6) is 5.75 Å². The molecule has 0 saturated heterocycles. The molecule has 0 amide bonds. The molecule has 204 valence electrons. The molecule has 4 aromatic rings. The van der Waals surface area contributed by atoms with E-state index in [4.69, 9.17) is 37.1 Å². The zero-order chi connectivity index (χ0) is 28.7. The molecule has 1 N–H and O–H groups in total. The number of esters is 1. The summed E-state index contributed by atoms with van der Waals surface area (Å²) in [5.74, 6) is -0.620. The van der Waals surface area contributed by atoms with Gasteiger partial charge in [0.2, 0.25) is 0 Å². The van der Waals surface area contributed by atoms with Gasteiger partial charge in [-0.25, -0.2) is 14.6 Å². The minimum atomic E-state index is -1.16. The van der Waals surface area contributed by atoms with Gasteiger partial charge in [-0.15, -0.1) is 0 Å². The van der Waals surface area contributed by atoms with Crippen molar-refractivity contribution in [1.29, 1.82) is 0 Å². The van der Waals surface area contributed by atoms with E-state index in [0.29, 0.717) is 48.5 Å². The summed E-state index contributed by atoms with van der Waals surface area (Å²) in [7, 11) is 2.74. The predicted molar refractivity (Wildman–Crippen MR) is 150 cm³/mol. The first-order valence-electron chi connectivity index (χ1n) is 11.7. The number of allylic oxidation sites excluding steroid dienone is 1. The Kier molecular flexibility index (Phi) is 7.41. The standard InChI is InChI=1S/C28H20Cl2N2O7S/c1-13-23(27(36)38-3)24(18-11-15(29)5-8-21(18)37-2)32-25(33)22(40-28(32)31-13)12-16-6-9-20(39-16)14-4-7-19(30)17(10-14)26(34)35/h4-12,24H,1-3H3,(H,34,35)/b22-12-/t24-/m1/s1. The molecule has 0 unspecified atom stereocenters. The van der Waals surface area contributed by atoms with Crippen molar-refractivity contribution in [3.63, 3.8) is 0 Å². The molecule has 12 heteroatoms. The van der Waals surface area contributed by atoms with E-state index >= 15 is 0 Å². The highest BCUT2D eigenvalue weighted by Gasteiger charge is 2.35. The topological polar surface area (TPSA) is 120 Å². The Morgan fingerprint density at radius 1 is 1.12 bits per heavy atom. The van der Waals surface area contributed by atoms with Crippen molar-refractivity contribution in [2.45, 2.75) is 13.0 Å². The molecule has 3 heterocycles. The minimum Gasteiger partial charge on any atom is -0.496 e. The van der Waals surface area contributed by atoms with Crippen molar-refractivity contribution in [3.8, 4) is 17.1 Å². The molecular formula is C28H20Cl2N2O7S. The number of furan rings is 1. The fourth-order valence-electron chi connectivity index (χ4n) is 4.46. The molecule has 0 fully saturated rings. The third-order valence-electron chi connectivity index (χ3n) is 6.29. The van der Waals surface area contributed by atoms with E-state index < -0.39 is 23.5 Å². The molecule has 9 nitrogen and oxygen atoms in total. The summed E-state index contributed by atoms with van der Waals surface area (Å²) in [6.45, 7) is 1.67. The number of methoxy groups -OCH3 is 2. The molecule has 1 aliphatic heterocycles. The van der Waals surface area contributed by atoms with Crippen LogP contribution in [0.15, 0.2) is 74.0 Å². The quantitative estimate of drug-likeness (QED) is 0.320. The normalized spacial score (nSPS) is 15.0. The highest BCUT2D eigenvalue weighted by atomic mass is 35.5. The Hall–Kier alpha value is -4.12. The lowest BCUT2D eigenvalue weighted by Crippen LogP contribution is -2.40. The number of aromatic carboxylic acids is 1. The number of carbonyl (C=O) groups is 2. The van der Waals surface area contributed by atoms with Crippen molar-refractivity contribution in [2.24, 2.45) is 4.99 Å². The number of carbonyl (C=O) groups excluding carboxylic acids is 1. The number of hydrogen-bond acceptors (Lipinski definition) is 8. The van der Waals surface area contributed by atoms with Gasteiger partial charge in [0.15, 0.2) is 4.80 Å². The second-order valence-electron chi connectivity index (χ2n) is 8.66. The van der Waals surface area contributed by atoms with E-state index in [1.54, 1.807) is 49.4 Å². The summed E-state index contributed by atoms with van der Waals surface area (Å²) in [5.41, 5.74) is 1.10. The molecule has 40 heavy (non-hydrogen) atoms. The lowest BCUT2D eigenvalue weighted by atomic mass is 9.95. The van der Waals surface area contributed by atoms with Crippen molar-refractivity contribution in [3.05, 3.63) is 106 Å². The summed E-state index contributed by atoms with van der Waals surface area (Å²) in [4.78, 5) is 43.1. The Labute approximate surface area is 240 Å². The van der Waals surface area contributed by atoms with Gasteiger partial charge in [-0.3, -0.25) is 9.36 Å². The van der Waals surface area contributed by atoms with E-state index in [9.17, 15) is 19.5 Å². The van der Waals surface area contributed by atoms with Crippen molar-refractivity contribution < 1.29 is 28.6 Å². The largest absolute Gasteiger partial charge is 0.496 e. The summed E-state index contributed by atoms with van der Waals surface area (Å²) >= 11 is 13.4. The van der Waals surface area contributed by atoms with Gasteiger partial charge >= 0.3 is 11.9 Å². The van der Waals surface area contributed by atoms with Crippen LogP contribution in [0.25, 0.3) is 17.4 Å². The van der Waals surface area contributed by atoms with Gasteiger partial charge in [-0.1, -0.05) is 34.5 Å². The molecule has 0 spiro atoms. The van der Waals surface area contributed by atoms with Crippen LogP contribution in [0.2, 0.25) is 10.0 Å². The maximum atomic E-state index is 13.8. The molecule has 0 saturated carbocycles. The zero-order valence-electron chi connectivity index (χ0n) is 21.2. The van der Waals surface area contributed by atoms with E-state index in [1.165, 1.54) is 30.9 Å². The fraction of sp³-hybridized carbons (Fsp3) is 0.143. The number of ether oxygens (including phenoxy) is 2. The predicted octanol–water partition coefficient (Wildman–Crippen LogP) is 4.68. The smallest absolute Gasteiger partial charge is 0.338 e. The fourth-order valence-corrected chi connectivity index (χ4v) is 5.87. The van der Waals surface area contributed by atoms with Crippen LogP contribution >= 0.6 is 34.5 Å². The Balaban J connectivity index is 1.66. The minimum absolute atomic E-state index is 0.0568. The second kappa shape index (κ2) is 10.8. The second-order valence-corrected chi connectivity index (χ2v) is 10.5. The Morgan fingerprint density at radius 3 is 2.60 bits per heavy atom. The number of benzene rings is 2. The molecule has 2 aromatic carbocycles. The molecular weight excluding hydrogens is 579 g/mol. The third-order valence-corrected chi connectivity index (χ3v) is 7.84. The van der Waals surface area contributed by atoms with Gasteiger partial charge < -0.3 is 19.0 Å². The molecule has 0 aliphatic carbocycles. The first-order chi connectivity index (χ1) is 19.1. The maximum absolute atomic E-state index is 13.8. The first kappa shape index (κ1) is 27.4. The van der Waals surface area contributed by atoms with Gasteiger partial charge in [0.25, 0.3) is 5.56 Å². The molecule has 0 radical (unpaired) electrons. The number of nitrogens with zero attached hydrogens (tertiary/aromatic N) is 2. The average Bonchev–Trinajstić information content (AvgIpc) is 3.51. The highest BCUT2D eigenvalue weighted by molar-refractivity contribution is 7.07. The van der Waals surface area contributed by atoms with E-state index in [-0.39, 0.29) is 16.2 Å². The van der Waals surface area contributed by atoms with E-state index in [0.717, 1.165) is 11.3 Å². The monoisotopic (exact) mass is 598 g/mol. The molecule has 1 aliphatic rings. The number of thiazole rings is 1. The SMILES string of the molecule is COC(=O)C1=C(C)N=c2s/c(=C\c3ccc(-c4ccc(Cl)c(C(=O)O)c4)o3)c(=O)n2[C@@H]1c1cc(Cl)ccc1OC. The van der Waals surface area contributed by atoms with Crippen molar-refractivity contribution in [2.75, 3.05) is 14.2 Å². The van der Waals surface area contributed by atoms with Crippen molar-refractivity contribution >= 4 is 52.6 Å². The zero-order valence-corrected chi connectivity index (χ0v) is 23.6. The summed E-state index contributed by atoms with van der Waals surface area (Å²) < 4.78 is 18.2. The molecule has 2 aromatic heterocycles. The van der Waals surface area contributed by atoms with Gasteiger partial charge in [-0.05, 0) is 55.5 Å². The van der Waals surface area contributed by atoms with Crippen LogP contribution in [-0.2, 0) is 9.53 Å². The third kappa shape index (κ3) is 4.85. The lowest BCUT2D eigenvalue weighted by molar-refractivity contribution is -0.136. The van der Waals surface area contributed by atoms with E-state index in [2.05, 4.69) is 4.99 Å². The number of fused-ring (bicyclic) bond motifs is 1. The summed E-state index contributed by atoms with van der Waals surface area (Å²) in [6, 6.07) is 11.9.